The van der Waals surface area contributed by atoms with Gasteiger partial charge >= 0.3 is 0 Å². The quantitative estimate of drug-likeness (QED) is 0.118. The minimum Gasteiger partial charge on any atom is -0.458 e. The van der Waals surface area contributed by atoms with Gasteiger partial charge in [-0.05, 0) is 67.6 Å². The lowest BCUT2D eigenvalue weighted by molar-refractivity contribution is 0.464. The van der Waals surface area contributed by atoms with E-state index in [0.29, 0.717) is 0 Å². The van der Waals surface area contributed by atoms with Gasteiger partial charge in [-0.2, -0.15) is 0 Å². The molecule has 4 heterocycles. The number of hydrogen-bond donors (Lipinski definition) is 0. The maximum atomic E-state index is 7.41. The standard InChI is InChI=1S/C66H43BN2O2Si/c1-4-22-46(23-5-1)72(47-24-6-2-7-25-47,48-26-8-3-9-27-48)49-28-20-21-44(39-49)54-42-56-63(43-61(54)69-59-36-17-12-31-52(59)53-32-13-18-37-60(53)69)71-65-41-45(40-64-66(65)67(56)55-33-14-19-38-62(55)70-64)68-57-34-15-10-29-50(57)51-30-11-16-35-58(51)68/h1-43H. The van der Waals surface area contributed by atoms with E-state index in [4.69, 9.17) is 9.47 Å². The normalized spacial score (nSPS) is 12.6. The lowest BCUT2D eigenvalue weighted by Crippen LogP contribution is -2.74. The van der Waals surface area contributed by atoms with E-state index in [-0.39, 0.29) is 6.71 Å². The van der Waals surface area contributed by atoms with Crippen molar-refractivity contribution in [1.82, 2.24) is 9.13 Å². The monoisotopic (exact) mass is 934 g/mol. The Balaban J connectivity index is 1.02. The zero-order valence-corrected chi connectivity index (χ0v) is 40.1. The smallest absolute Gasteiger partial charge is 0.260 e. The van der Waals surface area contributed by atoms with Crippen LogP contribution in [0.2, 0.25) is 0 Å². The highest BCUT2D eigenvalue weighted by Crippen LogP contribution is 2.43. The van der Waals surface area contributed by atoms with Crippen LogP contribution in [0.25, 0.3) is 66.1 Å². The van der Waals surface area contributed by atoms with Crippen LogP contribution < -0.4 is 46.6 Å². The molecule has 0 bridgehead atoms. The SMILES string of the molecule is c1ccc([Si](c2ccccc2)(c2ccccc2)c2cccc(-c3cc4c(cc3-n3c5ccccc5c5ccccc53)Oc3cc(-n5c6ccccc6c6ccccc65)cc5c3B4c3ccccc3O5)c2)cc1. The van der Waals surface area contributed by atoms with Gasteiger partial charge in [0.1, 0.15) is 23.0 Å². The minimum absolute atomic E-state index is 0.156. The fourth-order valence-corrected chi connectivity index (χ4v) is 17.2. The van der Waals surface area contributed by atoms with Crippen LogP contribution in [-0.4, -0.2) is 23.9 Å². The zero-order chi connectivity index (χ0) is 47.3. The Bertz CT molecular complexity index is 4090. The number of benzene rings is 11. The first-order valence-electron chi connectivity index (χ1n) is 24.8. The molecule has 0 unspecified atom stereocenters. The predicted molar refractivity (Wildman–Crippen MR) is 302 cm³/mol. The van der Waals surface area contributed by atoms with E-state index in [1.54, 1.807) is 0 Å². The molecule has 2 aromatic heterocycles. The molecular formula is C66H43BN2O2Si. The Kier molecular flexibility index (Phi) is 9.04. The third-order valence-electron chi connectivity index (χ3n) is 15.4. The molecule has 0 fully saturated rings. The number of nitrogens with zero attached hydrogens (tertiary/aromatic N) is 2. The zero-order valence-electron chi connectivity index (χ0n) is 39.1. The van der Waals surface area contributed by atoms with E-state index in [1.807, 2.05) is 0 Å². The minimum atomic E-state index is -2.89. The Morgan fingerprint density at radius 1 is 0.319 bits per heavy atom. The molecule has 0 saturated heterocycles. The average molecular weight is 935 g/mol. The molecule has 0 spiro atoms. The van der Waals surface area contributed by atoms with Crippen molar-refractivity contribution in [3.05, 3.63) is 261 Å². The van der Waals surface area contributed by atoms with E-state index in [9.17, 15) is 0 Å². The lowest BCUT2D eigenvalue weighted by Gasteiger charge is -2.35. The molecule has 13 aromatic rings. The highest BCUT2D eigenvalue weighted by Gasteiger charge is 2.43. The number of para-hydroxylation sites is 5. The summed E-state index contributed by atoms with van der Waals surface area (Å²) in [5.41, 5.74) is 12.1. The molecule has 2 aliphatic heterocycles. The first-order chi connectivity index (χ1) is 35.7. The van der Waals surface area contributed by atoms with E-state index >= 15 is 0 Å². The van der Waals surface area contributed by atoms with Gasteiger partial charge in [-0.15, -0.1) is 0 Å². The molecule has 6 heteroatoms. The van der Waals surface area contributed by atoms with Crippen LogP contribution in [0.3, 0.4) is 0 Å². The molecule has 11 aromatic carbocycles. The average Bonchev–Trinajstić information content (AvgIpc) is 3.97. The molecular weight excluding hydrogens is 892 g/mol. The summed E-state index contributed by atoms with van der Waals surface area (Å²) in [6.45, 7) is -0.156. The second-order valence-corrected chi connectivity index (χ2v) is 22.9. The summed E-state index contributed by atoms with van der Waals surface area (Å²) in [5.74, 6) is 3.28. The molecule has 2 aliphatic rings. The van der Waals surface area contributed by atoms with Crippen LogP contribution in [0.5, 0.6) is 23.0 Å². The van der Waals surface area contributed by atoms with Crippen molar-refractivity contribution < 1.29 is 9.47 Å². The summed E-state index contributed by atoms with van der Waals surface area (Å²) >= 11 is 0. The second-order valence-electron chi connectivity index (χ2n) is 19.1. The fraction of sp³-hybridized carbons (Fsp3) is 0. The third kappa shape index (κ3) is 5.93. The van der Waals surface area contributed by atoms with Gasteiger partial charge in [0, 0.05) is 50.8 Å². The molecule has 0 N–H and O–H groups in total. The number of ether oxygens (including phenoxy) is 2. The van der Waals surface area contributed by atoms with Crippen LogP contribution in [-0.2, 0) is 0 Å². The predicted octanol–water partition coefficient (Wildman–Crippen LogP) is 11.7. The molecule has 15 rings (SSSR count). The van der Waals surface area contributed by atoms with E-state index in [2.05, 4.69) is 270 Å². The van der Waals surface area contributed by atoms with Gasteiger partial charge < -0.3 is 18.6 Å². The summed E-state index contributed by atoms with van der Waals surface area (Å²) in [5, 5.41) is 10.2. The maximum Gasteiger partial charge on any atom is 0.260 e. The Labute approximate surface area is 418 Å². The summed E-state index contributed by atoms with van der Waals surface area (Å²) in [7, 11) is -2.89. The van der Waals surface area contributed by atoms with Crippen molar-refractivity contribution in [1.29, 1.82) is 0 Å². The molecule has 72 heavy (non-hydrogen) atoms. The van der Waals surface area contributed by atoms with Gasteiger partial charge in [0.15, 0.2) is 8.07 Å². The highest BCUT2D eigenvalue weighted by atomic mass is 28.3. The Morgan fingerprint density at radius 3 is 1.31 bits per heavy atom. The van der Waals surface area contributed by atoms with Gasteiger partial charge in [-0.1, -0.05) is 212 Å². The van der Waals surface area contributed by atoms with Crippen molar-refractivity contribution in [2.24, 2.45) is 0 Å². The number of fused-ring (bicyclic) bond motifs is 10. The van der Waals surface area contributed by atoms with E-state index in [1.165, 1.54) is 42.3 Å². The van der Waals surface area contributed by atoms with Gasteiger partial charge in [-0.25, -0.2) is 0 Å². The largest absolute Gasteiger partial charge is 0.458 e. The van der Waals surface area contributed by atoms with Gasteiger partial charge in [-0.3, -0.25) is 0 Å². The van der Waals surface area contributed by atoms with Crippen LogP contribution in [0.15, 0.2) is 261 Å². The van der Waals surface area contributed by atoms with Crippen molar-refractivity contribution >= 4 is 95.5 Å². The highest BCUT2D eigenvalue weighted by molar-refractivity contribution is 7.20. The van der Waals surface area contributed by atoms with E-state index < -0.39 is 8.07 Å². The van der Waals surface area contributed by atoms with Crippen LogP contribution in [0.4, 0.5) is 0 Å². The molecule has 0 saturated carbocycles. The first kappa shape index (κ1) is 40.8. The third-order valence-corrected chi connectivity index (χ3v) is 20.1. The summed E-state index contributed by atoms with van der Waals surface area (Å²) in [4.78, 5) is 0. The van der Waals surface area contributed by atoms with Gasteiger partial charge in [0.2, 0.25) is 0 Å². The van der Waals surface area contributed by atoms with Crippen LogP contribution in [0, 0.1) is 0 Å². The fourth-order valence-electron chi connectivity index (χ4n) is 12.4. The number of hydrogen-bond acceptors (Lipinski definition) is 2. The molecule has 0 aliphatic carbocycles. The summed E-state index contributed by atoms with van der Waals surface area (Å²) in [6, 6.07) is 95.7. The first-order valence-corrected chi connectivity index (χ1v) is 26.8. The summed E-state index contributed by atoms with van der Waals surface area (Å²) < 4.78 is 19.2. The van der Waals surface area contributed by atoms with Crippen molar-refractivity contribution in [2.45, 2.75) is 0 Å². The second kappa shape index (κ2) is 16.0. The van der Waals surface area contributed by atoms with Gasteiger partial charge in [0.25, 0.3) is 6.71 Å². The topological polar surface area (TPSA) is 28.3 Å². The van der Waals surface area contributed by atoms with Crippen molar-refractivity contribution in [2.75, 3.05) is 0 Å². The molecule has 336 valence electrons. The van der Waals surface area contributed by atoms with Crippen molar-refractivity contribution in [3.63, 3.8) is 0 Å². The summed E-state index contributed by atoms with van der Waals surface area (Å²) in [6.07, 6.45) is 0. The number of rotatable bonds is 7. The molecule has 0 radical (unpaired) electrons. The molecule has 4 nitrogen and oxygen atoms in total. The van der Waals surface area contributed by atoms with E-state index in [0.717, 1.165) is 84.0 Å². The maximum absolute atomic E-state index is 7.41. The van der Waals surface area contributed by atoms with Crippen LogP contribution in [0.1, 0.15) is 0 Å². The Morgan fingerprint density at radius 2 is 0.764 bits per heavy atom. The molecule has 0 atom stereocenters. The Hall–Kier alpha value is -9.10. The van der Waals surface area contributed by atoms with Crippen LogP contribution >= 0.6 is 0 Å². The number of aromatic nitrogens is 2. The molecule has 0 amide bonds. The van der Waals surface area contributed by atoms with Gasteiger partial charge in [0.05, 0.1) is 33.4 Å². The lowest BCUT2D eigenvalue weighted by atomic mass is 9.34. The van der Waals surface area contributed by atoms with Crippen molar-refractivity contribution in [3.8, 4) is 45.5 Å².